The molecule has 2 aromatic carbocycles. The zero-order chi connectivity index (χ0) is 24.9. The number of hydrogen-bond acceptors (Lipinski definition) is 5. The van der Waals surface area contributed by atoms with Crippen LogP contribution in [0.1, 0.15) is 42.7 Å². The molecule has 1 aliphatic carbocycles. The first-order valence-corrected chi connectivity index (χ1v) is 12.1. The van der Waals surface area contributed by atoms with Gasteiger partial charge >= 0.3 is 12.1 Å². The van der Waals surface area contributed by atoms with Gasteiger partial charge in [-0.25, -0.2) is 4.79 Å². The highest BCUT2D eigenvalue weighted by atomic mass is 16.5. The van der Waals surface area contributed by atoms with Crippen LogP contribution in [-0.2, 0) is 14.3 Å². The number of aliphatic carboxylic acids is 1. The Morgan fingerprint density at radius 3 is 2.31 bits per heavy atom. The molecule has 0 bridgehead atoms. The lowest BCUT2D eigenvalue weighted by atomic mass is 9.98. The van der Waals surface area contributed by atoms with Crippen molar-refractivity contribution >= 4 is 18.0 Å². The summed E-state index contributed by atoms with van der Waals surface area (Å²) in [5.41, 5.74) is 4.54. The van der Waals surface area contributed by atoms with Crippen LogP contribution in [0.25, 0.3) is 11.1 Å². The van der Waals surface area contributed by atoms with Gasteiger partial charge in [0.15, 0.2) is 0 Å². The van der Waals surface area contributed by atoms with Crippen LogP contribution < -0.4 is 5.32 Å². The Hall–Kier alpha value is -3.39. The lowest BCUT2D eigenvalue weighted by Crippen LogP contribution is -2.51. The topological polar surface area (TPSA) is 99.2 Å². The van der Waals surface area contributed by atoms with Crippen LogP contribution in [-0.4, -0.2) is 78.8 Å². The van der Waals surface area contributed by atoms with E-state index in [1.807, 2.05) is 43.3 Å². The zero-order valence-electron chi connectivity index (χ0n) is 20.3. The first-order chi connectivity index (χ1) is 16.8. The maximum atomic E-state index is 13.3. The summed E-state index contributed by atoms with van der Waals surface area (Å²) in [6.45, 7) is 1.26. The molecule has 0 aromatic heterocycles. The number of hydrogen-bond donors (Lipinski definition) is 2. The molecule has 2 aromatic rings. The molecule has 1 saturated heterocycles. The largest absolute Gasteiger partial charge is 0.481 e. The molecule has 2 aliphatic rings. The summed E-state index contributed by atoms with van der Waals surface area (Å²) in [5.74, 6) is -1.24. The molecule has 8 nitrogen and oxygen atoms in total. The predicted octanol–water partition coefficient (Wildman–Crippen LogP) is 3.31. The van der Waals surface area contributed by atoms with Gasteiger partial charge in [0.25, 0.3) is 0 Å². The highest BCUT2D eigenvalue weighted by Gasteiger charge is 2.35. The minimum absolute atomic E-state index is 0.0670. The van der Waals surface area contributed by atoms with E-state index in [4.69, 9.17) is 4.74 Å². The van der Waals surface area contributed by atoms with Crippen LogP contribution in [0.15, 0.2) is 48.5 Å². The van der Waals surface area contributed by atoms with Crippen LogP contribution in [0, 0.1) is 0 Å². The molecule has 186 valence electrons. The van der Waals surface area contributed by atoms with Gasteiger partial charge < -0.3 is 25.0 Å². The Balaban J connectivity index is 1.43. The molecule has 0 saturated carbocycles. The standard InChI is InChI=1S/C27H33N3O5/c1-29(2)15-13-24(26(33)30-14-7-8-18(30)16-25(31)32)28-27(34)35-17-23-21-11-5-3-9-19(21)20-10-4-6-12-22(20)23/h3-6,9-12,18,23-24H,7-8,13-17H2,1-2H3,(H,28,34)(H,31,32)/t18-,24?/m0/s1. The van der Waals surface area contributed by atoms with E-state index in [1.54, 1.807) is 4.90 Å². The number of ether oxygens (including phenoxy) is 1. The van der Waals surface area contributed by atoms with Crippen molar-refractivity contribution in [2.24, 2.45) is 0 Å². The minimum Gasteiger partial charge on any atom is -0.481 e. The number of likely N-dealkylation sites (tertiary alicyclic amines) is 1. The molecule has 0 radical (unpaired) electrons. The fourth-order valence-electron chi connectivity index (χ4n) is 5.17. The van der Waals surface area contributed by atoms with E-state index < -0.39 is 18.1 Å². The fraction of sp³-hybridized carbons (Fsp3) is 0.444. The number of fused-ring (bicyclic) bond motifs is 3. The van der Waals surface area contributed by atoms with Crippen LogP contribution in [0.4, 0.5) is 4.79 Å². The maximum Gasteiger partial charge on any atom is 0.407 e. The Morgan fingerprint density at radius 2 is 1.71 bits per heavy atom. The normalized spacial score (nSPS) is 17.7. The van der Waals surface area contributed by atoms with Crippen molar-refractivity contribution in [1.29, 1.82) is 0 Å². The molecule has 2 atom stereocenters. The van der Waals surface area contributed by atoms with Crippen LogP contribution in [0.3, 0.4) is 0 Å². The average molecular weight is 480 g/mol. The molecule has 1 aliphatic heterocycles. The van der Waals surface area contributed by atoms with Crippen molar-refractivity contribution in [2.75, 3.05) is 33.8 Å². The van der Waals surface area contributed by atoms with E-state index in [2.05, 4.69) is 29.6 Å². The Morgan fingerprint density at radius 1 is 1.09 bits per heavy atom. The van der Waals surface area contributed by atoms with Crippen LogP contribution >= 0.6 is 0 Å². The van der Waals surface area contributed by atoms with Gasteiger partial charge in [0.1, 0.15) is 12.6 Å². The maximum absolute atomic E-state index is 13.3. The van der Waals surface area contributed by atoms with Gasteiger partial charge in [0.05, 0.1) is 6.42 Å². The summed E-state index contributed by atoms with van der Waals surface area (Å²) < 4.78 is 5.65. The number of rotatable bonds is 9. The van der Waals surface area contributed by atoms with Crippen LogP contribution in [0.2, 0.25) is 0 Å². The Labute approximate surface area is 205 Å². The van der Waals surface area contributed by atoms with Gasteiger partial charge in [0.2, 0.25) is 5.91 Å². The molecule has 2 amide bonds. The predicted molar refractivity (Wildman–Crippen MR) is 132 cm³/mol. The minimum atomic E-state index is -0.927. The Bertz CT molecular complexity index is 1040. The molecule has 1 heterocycles. The third-order valence-electron chi connectivity index (χ3n) is 6.87. The monoisotopic (exact) mass is 479 g/mol. The fourth-order valence-corrected chi connectivity index (χ4v) is 5.17. The molecule has 8 heteroatoms. The van der Waals surface area contributed by atoms with E-state index in [0.717, 1.165) is 28.7 Å². The summed E-state index contributed by atoms with van der Waals surface area (Å²) in [5, 5.41) is 12.0. The van der Waals surface area contributed by atoms with Gasteiger partial charge in [-0.1, -0.05) is 48.5 Å². The number of benzene rings is 2. The summed E-state index contributed by atoms with van der Waals surface area (Å²) >= 11 is 0. The van der Waals surface area contributed by atoms with E-state index in [9.17, 15) is 19.5 Å². The van der Waals surface area contributed by atoms with E-state index in [1.165, 1.54) is 0 Å². The smallest absolute Gasteiger partial charge is 0.407 e. The second-order valence-corrected chi connectivity index (χ2v) is 9.54. The first-order valence-electron chi connectivity index (χ1n) is 12.1. The average Bonchev–Trinajstić information content (AvgIpc) is 3.42. The Kier molecular flexibility index (Phi) is 7.70. The molecular weight excluding hydrogens is 446 g/mol. The van der Waals surface area contributed by atoms with E-state index >= 15 is 0 Å². The number of carboxylic acids is 1. The third-order valence-corrected chi connectivity index (χ3v) is 6.87. The lowest BCUT2D eigenvalue weighted by molar-refractivity contribution is -0.140. The van der Waals surface area contributed by atoms with E-state index in [-0.39, 0.29) is 30.9 Å². The van der Waals surface area contributed by atoms with E-state index in [0.29, 0.717) is 25.9 Å². The zero-order valence-corrected chi connectivity index (χ0v) is 20.3. The highest BCUT2D eigenvalue weighted by molar-refractivity contribution is 5.86. The van der Waals surface area contributed by atoms with Gasteiger partial charge in [-0.15, -0.1) is 0 Å². The van der Waals surface area contributed by atoms with Gasteiger partial charge in [0, 0.05) is 18.5 Å². The van der Waals surface area contributed by atoms with Crippen molar-refractivity contribution in [3.05, 3.63) is 59.7 Å². The number of carbonyl (C=O) groups is 3. The second-order valence-electron chi connectivity index (χ2n) is 9.54. The molecule has 4 rings (SSSR count). The van der Waals surface area contributed by atoms with Gasteiger partial charge in [-0.05, 0) is 62.2 Å². The SMILES string of the molecule is CN(C)CCC(NC(=O)OCC1c2ccccc2-c2ccccc21)C(=O)N1CCC[C@H]1CC(=O)O. The molecule has 2 N–H and O–H groups in total. The molecule has 1 fully saturated rings. The summed E-state index contributed by atoms with van der Waals surface area (Å²) in [6, 6.07) is 15.1. The number of carboxylic acid groups (broad SMARTS) is 1. The van der Waals surface area contributed by atoms with Gasteiger partial charge in [-0.3, -0.25) is 9.59 Å². The second kappa shape index (κ2) is 10.9. The van der Waals surface area contributed by atoms with Crippen molar-refractivity contribution in [3.8, 4) is 11.1 Å². The molecular formula is C27H33N3O5. The van der Waals surface area contributed by atoms with Crippen molar-refractivity contribution < 1.29 is 24.2 Å². The van der Waals surface area contributed by atoms with Crippen molar-refractivity contribution in [3.63, 3.8) is 0 Å². The number of amides is 2. The molecule has 0 spiro atoms. The quantitative estimate of drug-likeness (QED) is 0.573. The highest BCUT2D eigenvalue weighted by Crippen LogP contribution is 2.44. The van der Waals surface area contributed by atoms with Crippen molar-refractivity contribution in [2.45, 2.75) is 43.7 Å². The number of nitrogens with zero attached hydrogens (tertiary/aromatic N) is 2. The lowest BCUT2D eigenvalue weighted by Gasteiger charge is -2.29. The molecule has 1 unspecified atom stereocenters. The summed E-state index contributed by atoms with van der Waals surface area (Å²) in [4.78, 5) is 41.0. The molecule has 35 heavy (non-hydrogen) atoms. The summed E-state index contributed by atoms with van der Waals surface area (Å²) in [7, 11) is 3.80. The number of nitrogens with one attached hydrogen (secondary N) is 1. The van der Waals surface area contributed by atoms with Crippen LogP contribution in [0.5, 0.6) is 0 Å². The number of alkyl carbamates (subject to hydrolysis) is 1. The van der Waals surface area contributed by atoms with Crippen molar-refractivity contribution in [1.82, 2.24) is 15.1 Å². The number of carbonyl (C=O) groups excluding carboxylic acids is 2. The summed E-state index contributed by atoms with van der Waals surface area (Å²) in [6.07, 6.45) is 1.10. The first kappa shape index (κ1) is 24.7. The van der Waals surface area contributed by atoms with Gasteiger partial charge in [-0.2, -0.15) is 0 Å². The third kappa shape index (κ3) is 5.65.